The van der Waals surface area contributed by atoms with Gasteiger partial charge in [0, 0.05) is 28.3 Å². The van der Waals surface area contributed by atoms with Gasteiger partial charge in [0.15, 0.2) is 15.5 Å². The number of piperidine rings is 1. The molecule has 16 nitrogen and oxygen atoms in total. The van der Waals surface area contributed by atoms with Crippen molar-refractivity contribution in [3.05, 3.63) is 161 Å². The number of anilines is 3. The van der Waals surface area contributed by atoms with Crippen molar-refractivity contribution in [2.75, 3.05) is 54.0 Å². The third-order valence-corrected chi connectivity index (χ3v) is 15.9. The van der Waals surface area contributed by atoms with Gasteiger partial charge in [0.05, 0.1) is 63.0 Å². The Morgan fingerprint density at radius 1 is 0.468 bits per heavy atom. The zero-order valence-corrected chi connectivity index (χ0v) is 50.8. The van der Waals surface area contributed by atoms with E-state index in [1.165, 1.54) is 19.3 Å². The van der Waals surface area contributed by atoms with Crippen LogP contribution in [0.3, 0.4) is 0 Å². The van der Waals surface area contributed by atoms with Gasteiger partial charge in [0.1, 0.15) is 35.8 Å². The first-order valence-corrected chi connectivity index (χ1v) is 28.8. The molecule has 4 fully saturated rings. The van der Waals surface area contributed by atoms with Gasteiger partial charge in [-0.3, -0.25) is 0 Å². The summed E-state index contributed by atoms with van der Waals surface area (Å²) in [4.78, 5) is 20.6. The summed E-state index contributed by atoms with van der Waals surface area (Å²) in [6.45, 7) is 13.6. The quantitative estimate of drug-likeness (QED) is 0.0988. The van der Waals surface area contributed by atoms with Crippen LogP contribution in [0, 0.1) is 7.14 Å². The van der Waals surface area contributed by atoms with Crippen molar-refractivity contribution in [2.45, 2.75) is 76.3 Å². The maximum atomic E-state index is 5.87. The smallest absolute Gasteiger partial charge is 0.652 e. The Balaban J connectivity index is 0.000000132. The van der Waals surface area contributed by atoms with Gasteiger partial charge in [0.25, 0.3) is 0 Å². The predicted octanol–water partition coefficient (Wildman–Crippen LogP) is 10.2. The van der Waals surface area contributed by atoms with E-state index in [9.17, 15) is 0 Å². The number of hydrogen-bond donors (Lipinski definition) is 0. The van der Waals surface area contributed by atoms with E-state index < -0.39 is 0 Å². The first-order valence-electron chi connectivity index (χ1n) is 25.5. The Labute approximate surface area is 513 Å². The number of hydrogen-bond acceptors (Lipinski definition) is 15. The zero-order chi connectivity index (χ0) is 54.4. The van der Waals surface area contributed by atoms with Crippen LogP contribution in [0.15, 0.2) is 133 Å². The fraction of sp³-hybridized carbons (Fsp3) is 0.316. The van der Waals surface area contributed by atoms with Crippen LogP contribution in [-0.4, -0.2) is 114 Å². The number of halogens is 5. The van der Waals surface area contributed by atoms with Gasteiger partial charge in [-0.15, -0.1) is 41.7 Å². The minimum Gasteiger partial charge on any atom is -0.652 e. The molecule has 0 spiro atoms. The van der Waals surface area contributed by atoms with Gasteiger partial charge < -0.3 is 34.2 Å². The number of benzene rings is 3. The molecule has 0 unspecified atom stereocenters. The monoisotopic (exact) mass is 1340 g/mol. The van der Waals surface area contributed by atoms with Gasteiger partial charge >= 0.3 is 18.9 Å². The molecule has 4 saturated heterocycles. The first kappa shape index (κ1) is 58.5. The molecule has 402 valence electrons. The summed E-state index contributed by atoms with van der Waals surface area (Å²) >= 11 is 21.6. The number of ether oxygens (including phenoxy) is 3. The number of rotatable bonds is 9. The Kier molecular flexibility index (Phi) is 19.4. The number of para-hydroxylation sites is 3. The SMILES string of the molecule is CC1(C)CCCC(C)(C)[N-]1.Clc1cc(I)c(OC2CN(c3ccc4ccccc4n3)C2)nn1.Clc1ccc(OC2CN(c3ccc4ccccc4n3)C2)nn1.Clc1nnc(OC2CN(c3ccc4ccccc4n3)C2)cc1I.[Li+]. The maximum absolute atomic E-state index is 5.87. The molecule has 13 rings (SSSR count). The minimum absolute atomic E-state index is 0. The molecule has 9 aromatic rings. The fourth-order valence-corrected chi connectivity index (χ4v) is 10.8. The van der Waals surface area contributed by atoms with Crippen molar-refractivity contribution >= 4 is 130 Å². The van der Waals surface area contributed by atoms with Gasteiger partial charge in [-0.25, -0.2) is 15.0 Å². The van der Waals surface area contributed by atoms with Gasteiger partial charge in [-0.1, -0.05) is 136 Å². The molecule has 0 saturated carbocycles. The van der Waals surface area contributed by atoms with Crippen LogP contribution in [0.2, 0.25) is 15.5 Å². The molecule has 0 aliphatic carbocycles. The van der Waals surface area contributed by atoms with Gasteiger partial charge in [-0.2, -0.15) is 0 Å². The van der Waals surface area contributed by atoms with Crippen molar-refractivity contribution in [3.63, 3.8) is 0 Å². The molecule has 3 aromatic carbocycles. The minimum atomic E-state index is 0. The molecule has 22 heteroatoms. The van der Waals surface area contributed by atoms with E-state index in [-0.39, 0.29) is 48.3 Å². The summed E-state index contributed by atoms with van der Waals surface area (Å²) in [5.41, 5.74) is 3.50. The molecule has 4 aliphatic rings. The summed E-state index contributed by atoms with van der Waals surface area (Å²) < 4.78 is 19.1. The number of nitrogens with zero attached hydrogens (tertiary/aromatic N) is 13. The number of pyridine rings is 3. The largest absolute Gasteiger partial charge is 1.00 e. The van der Waals surface area contributed by atoms with Crippen molar-refractivity contribution in [2.24, 2.45) is 0 Å². The molecule has 0 atom stereocenters. The third kappa shape index (κ3) is 15.6. The molecule has 0 N–H and O–H groups in total. The van der Waals surface area contributed by atoms with E-state index in [0.29, 0.717) is 33.1 Å². The number of fused-ring (bicyclic) bond motifs is 3. The van der Waals surface area contributed by atoms with Gasteiger partial charge in [0.2, 0.25) is 17.6 Å². The van der Waals surface area contributed by atoms with E-state index in [1.807, 2.05) is 72.8 Å². The van der Waals surface area contributed by atoms with Crippen molar-refractivity contribution in [1.29, 1.82) is 0 Å². The maximum Gasteiger partial charge on any atom is 1.00 e. The molecule has 79 heavy (non-hydrogen) atoms. The van der Waals surface area contributed by atoms with Crippen LogP contribution in [0.25, 0.3) is 38.0 Å². The Morgan fingerprint density at radius 2 is 0.899 bits per heavy atom. The predicted molar refractivity (Wildman–Crippen MR) is 327 cm³/mol. The molecule has 4 aliphatic heterocycles. The first-order chi connectivity index (χ1) is 37.6. The third-order valence-electron chi connectivity index (χ3n) is 13.3. The van der Waals surface area contributed by atoms with E-state index in [2.05, 4.69) is 165 Å². The van der Waals surface area contributed by atoms with E-state index >= 15 is 0 Å². The molecule has 0 bridgehead atoms. The Morgan fingerprint density at radius 3 is 1.32 bits per heavy atom. The Hall–Kier alpha value is -5.18. The van der Waals surface area contributed by atoms with Crippen molar-refractivity contribution in [3.8, 4) is 17.6 Å². The topological polar surface area (TPSA) is 168 Å². The second kappa shape index (κ2) is 26.2. The molecule has 0 amide bonds. The van der Waals surface area contributed by atoms with E-state index in [4.69, 9.17) is 59.3 Å². The second-order valence-electron chi connectivity index (χ2n) is 20.4. The van der Waals surface area contributed by atoms with Gasteiger partial charge in [-0.05, 0) is 112 Å². The van der Waals surface area contributed by atoms with Crippen LogP contribution < -0.4 is 47.8 Å². The summed E-state index contributed by atoms with van der Waals surface area (Å²) in [6.07, 6.45) is 4.14. The standard InChI is InChI=1S/2C16H12ClIN4O.C16H13ClN4O.C9H18N.Li/c17-14-7-12(18)16(21-20-14)23-11-8-22(9-11)15-6-5-10-3-1-2-4-13(10)19-15;17-16-12(18)7-15(20-21-16)23-11-8-22(9-11)14-6-5-10-3-1-2-4-13(10)19-14;17-14-6-8-16(20-19-14)22-12-9-21(10-12)15-7-5-11-3-1-2-4-13(11)18-15;1-8(2)6-5-7-9(3,4)10-8;/h2*1-7,11H,8-9H2;1-8,12H,9-10H2;5-7H2,1-4H3;/q;;;-1;+1. The van der Waals surface area contributed by atoms with Crippen molar-refractivity contribution < 1.29 is 33.1 Å². The Bertz CT molecular complexity index is 3510. The molecule has 0 radical (unpaired) electrons. The van der Waals surface area contributed by atoms with E-state index in [0.717, 1.165) is 96.6 Å². The molecule has 10 heterocycles. The summed E-state index contributed by atoms with van der Waals surface area (Å²) in [5.74, 6) is 4.46. The molecular formula is C57H55Cl3I2LiN13O3. The second-order valence-corrected chi connectivity index (χ2v) is 23.9. The summed E-state index contributed by atoms with van der Waals surface area (Å²) in [7, 11) is 0. The summed E-state index contributed by atoms with van der Waals surface area (Å²) in [5, 5.41) is 32.6. The normalized spacial score (nSPS) is 16.5. The van der Waals surface area contributed by atoms with Crippen LogP contribution in [-0.2, 0) is 0 Å². The average molecular weight is 1340 g/mol. The average Bonchev–Trinajstić information content (AvgIpc) is 3.39. The van der Waals surface area contributed by atoms with Crippen molar-refractivity contribution in [1.82, 2.24) is 45.5 Å². The van der Waals surface area contributed by atoms with Crippen LogP contribution in [0.5, 0.6) is 17.6 Å². The zero-order valence-electron chi connectivity index (χ0n) is 44.2. The van der Waals surface area contributed by atoms with Crippen LogP contribution in [0.4, 0.5) is 17.5 Å². The van der Waals surface area contributed by atoms with E-state index in [1.54, 1.807) is 24.3 Å². The fourth-order valence-electron chi connectivity index (χ4n) is 9.36. The summed E-state index contributed by atoms with van der Waals surface area (Å²) in [6, 6.07) is 43.7. The molecule has 6 aromatic heterocycles. The molecular weight excluding hydrogens is 1280 g/mol. The number of aromatic nitrogens is 9. The van der Waals surface area contributed by atoms with Crippen LogP contribution >= 0.6 is 80.0 Å². The van der Waals surface area contributed by atoms with Crippen LogP contribution in [0.1, 0.15) is 47.0 Å².